The molecule has 2 rings (SSSR count). The van der Waals surface area contributed by atoms with Crippen LogP contribution in [0.3, 0.4) is 0 Å². The van der Waals surface area contributed by atoms with E-state index in [0.717, 1.165) is 0 Å². The van der Waals surface area contributed by atoms with Crippen molar-refractivity contribution in [2.75, 3.05) is 19.6 Å². The minimum Gasteiger partial charge on any atom is -0.312 e. The van der Waals surface area contributed by atoms with Crippen LogP contribution in [0.1, 0.15) is 6.92 Å². The fraction of sp³-hybridized carbons (Fsp3) is 0.667. The van der Waals surface area contributed by atoms with E-state index >= 15 is 0 Å². The summed E-state index contributed by atoms with van der Waals surface area (Å²) in [6.45, 7) is 3.70. The lowest BCUT2D eigenvalue weighted by Crippen LogP contribution is -2.51. The minimum atomic E-state index is -3.36. The monoisotopic (exact) mass is 244 g/mol. The Bertz CT molecular complexity index is 468. The van der Waals surface area contributed by atoms with Gasteiger partial charge in [0.1, 0.15) is 4.90 Å². The van der Waals surface area contributed by atoms with Crippen LogP contribution in [0.4, 0.5) is 0 Å². The number of nitrogens with zero attached hydrogens (tertiary/aromatic N) is 3. The Kier molecular flexibility index (Phi) is 3.00. The summed E-state index contributed by atoms with van der Waals surface area (Å²) < 4.78 is 27.4. The average Bonchev–Trinajstić information content (AvgIpc) is 2.65. The van der Waals surface area contributed by atoms with Crippen molar-refractivity contribution in [1.29, 1.82) is 0 Å². The highest BCUT2D eigenvalue weighted by molar-refractivity contribution is 7.89. The van der Waals surface area contributed by atoms with Crippen molar-refractivity contribution < 1.29 is 8.42 Å². The second kappa shape index (κ2) is 4.15. The average molecular weight is 244 g/mol. The fourth-order valence-electron chi connectivity index (χ4n) is 1.80. The van der Waals surface area contributed by atoms with Gasteiger partial charge < -0.3 is 5.32 Å². The van der Waals surface area contributed by atoms with E-state index < -0.39 is 10.0 Å². The Hall–Kier alpha value is -0.920. The predicted octanol–water partition coefficient (Wildman–Crippen LogP) is -0.597. The van der Waals surface area contributed by atoms with Crippen LogP contribution in [-0.2, 0) is 17.1 Å². The SMILES string of the molecule is CC1CN(S(=O)(=O)c2cnn(C)c2)CCN1. The highest BCUT2D eigenvalue weighted by Gasteiger charge is 2.29. The van der Waals surface area contributed by atoms with Crippen LogP contribution in [0.5, 0.6) is 0 Å². The molecule has 7 heteroatoms. The molecule has 0 aromatic carbocycles. The Morgan fingerprint density at radius 1 is 1.56 bits per heavy atom. The molecule has 1 aliphatic rings. The second-order valence-corrected chi connectivity index (χ2v) is 6.01. The molecule has 90 valence electrons. The van der Waals surface area contributed by atoms with Gasteiger partial charge in [0.25, 0.3) is 0 Å². The number of hydrogen-bond donors (Lipinski definition) is 1. The predicted molar refractivity (Wildman–Crippen MR) is 59.4 cm³/mol. The van der Waals surface area contributed by atoms with Crippen molar-refractivity contribution in [3.8, 4) is 0 Å². The van der Waals surface area contributed by atoms with Crippen LogP contribution < -0.4 is 5.32 Å². The zero-order valence-corrected chi connectivity index (χ0v) is 10.2. The van der Waals surface area contributed by atoms with E-state index in [9.17, 15) is 8.42 Å². The first-order valence-electron chi connectivity index (χ1n) is 5.22. The molecule has 0 saturated carbocycles. The lowest BCUT2D eigenvalue weighted by atomic mass is 10.3. The summed E-state index contributed by atoms with van der Waals surface area (Å²) in [7, 11) is -1.66. The van der Waals surface area contributed by atoms with Gasteiger partial charge in [-0.3, -0.25) is 4.68 Å². The van der Waals surface area contributed by atoms with Crippen LogP contribution in [0.25, 0.3) is 0 Å². The molecule has 1 aliphatic heterocycles. The maximum atomic E-state index is 12.2. The molecular formula is C9H16N4O2S. The molecule has 1 fully saturated rings. The molecule has 1 aromatic heterocycles. The molecule has 1 unspecified atom stereocenters. The van der Waals surface area contributed by atoms with Gasteiger partial charge in [-0.1, -0.05) is 0 Å². The van der Waals surface area contributed by atoms with Crippen molar-refractivity contribution in [2.45, 2.75) is 17.9 Å². The lowest BCUT2D eigenvalue weighted by molar-refractivity contribution is 0.310. The van der Waals surface area contributed by atoms with E-state index in [1.54, 1.807) is 7.05 Å². The van der Waals surface area contributed by atoms with Crippen molar-refractivity contribution in [1.82, 2.24) is 19.4 Å². The largest absolute Gasteiger partial charge is 0.312 e. The van der Waals surface area contributed by atoms with Crippen LogP contribution in [0.15, 0.2) is 17.3 Å². The van der Waals surface area contributed by atoms with Gasteiger partial charge in [-0.05, 0) is 6.92 Å². The first-order valence-corrected chi connectivity index (χ1v) is 6.66. The number of aryl methyl sites for hydroxylation is 1. The highest BCUT2D eigenvalue weighted by Crippen LogP contribution is 2.15. The van der Waals surface area contributed by atoms with Gasteiger partial charge in [0.05, 0.1) is 6.20 Å². The molecule has 2 heterocycles. The summed E-state index contributed by atoms with van der Waals surface area (Å²) in [5.41, 5.74) is 0. The maximum Gasteiger partial charge on any atom is 0.246 e. The smallest absolute Gasteiger partial charge is 0.246 e. The summed E-state index contributed by atoms with van der Waals surface area (Å²) in [4.78, 5) is 0.268. The van der Waals surface area contributed by atoms with Gasteiger partial charge >= 0.3 is 0 Å². The number of nitrogens with one attached hydrogen (secondary N) is 1. The number of hydrogen-bond acceptors (Lipinski definition) is 4. The molecule has 1 atom stereocenters. The summed E-state index contributed by atoms with van der Waals surface area (Å²) in [5.74, 6) is 0. The molecular weight excluding hydrogens is 228 g/mol. The third kappa shape index (κ3) is 2.11. The maximum absolute atomic E-state index is 12.2. The Morgan fingerprint density at radius 3 is 2.88 bits per heavy atom. The molecule has 16 heavy (non-hydrogen) atoms. The fourth-order valence-corrected chi connectivity index (χ4v) is 3.31. The van der Waals surface area contributed by atoms with Crippen molar-refractivity contribution >= 4 is 10.0 Å². The van der Waals surface area contributed by atoms with Gasteiger partial charge in [0.15, 0.2) is 0 Å². The van der Waals surface area contributed by atoms with E-state index in [0.29, 0.717) is 19.6 Å². The zero-order valence-electron chi connectivity index (χ0n) is 9.42. The van der Waals surface area contributed by atoms with E-state index in [2.05, 4.69) is 10.4 Å². The molecule has 1 aromatic rings. The van der Waals surface area contributed by atoms with Crippen LogP contribution in [-0.4, -0.2) is 48.2 Å². The third-order valence-electron chi connectivity index (χ3n) is 2.65. The summed E-state index contributed by atoms with van der Waals surface area (Å²) in [5, 5.41) is 7.11. The van der Waals surface area contributed by atoms with E-state index in [4.69, 9.17) is 0 Å². The van der Waals surface area contributed by atoms with E-state index in [1.165, 1.54) is 21.4 Å². The zero-order chi connectivity index (χ0) is 11.8. The normalized spacial score (nSPS) is 23.5. The highest BCUT2D eigenvalue weighted by atomic mass is 32.2. The van der Waals surface area contributed by atoms with Gasteiger partial charge in [-0.2, -0.15) is 9.40 Å². The van der Waals surface area contributed by atoms with Gasteiger partial charge in [-0.15, -0.1) is 0 Å². The summed E-state index contributed by atoms with van der Waals surface area (Å²) in [6.07, 6.45) is 2.92. The molecule has 0 aliphatic carbocycles. The topological polar surface area (TPSA) is 67.2 Å². The van der Waals surface area contributed by atoms with Crippen molar-refractivity contribution in [3.63, 3.8) is 0 Å². The number of sulfonamides is 1. The molecule has 0 spiro atoms. The number of piperazine rings is 1. The number of aromatic nitrogens is 2. The van der Waals surface area contributed by atoms with Gasteiger partial charge in [-0.25, -0.2) is 8.42 Å². The molecule has 1 N–H and O–H groups in total. The van der Waals surface area contributed by atoms with Crippen molar-refractivity contribution in [2.24, 2.45) is 7.05 Å². The van der Waals surface area contributed by atoms with E-state index in [1.807, 2.05) is 6.92 Å². The molecule has 1 saturated heterocycles. The lowest BCUT2D eigenvalue weighted by Gasteiger charge is -2.30. The number of rotatable bonds is 2. The molecule has 6 nitrogen and oxygen atoms in total. The summed E-state index contributed by atoms with van der Waals surface area (Å²) >= 11 is 0. The summed E-state index contributed by atoms with van der Waals surface area (Å²) in [6, 6.07) is 0.195. The van der Waals surface area contributed by atoms with Gasteiger partial charge in [0.2, 0.25) is 10.0 Å². The van der Waals surface area contributed by atoms with E-state index in [-0.39, 0.29) is 10.9 Å². The molecule has 0 radical (unpaired) electrons. The Labute approximate surface area is 95.3 Å². The minimum absolute atomic E-state index is 0.195. The third-order valence-corrected chi connectivity index (χ3v) is 4.47. The van der Waals surface area contributed by atoms with Crippen LogP contribution in [0, 0.1) is 0 Å². The van der Waals surface area contributed by atoms with Gasteiger partial charge in [0, 0.05) is 38.9 Å². The Balaban J connectivity index is 2.25. The standard InChI is InChI=1S/C9H16N4O2S/c1-8-6-13(4-3-10-8)16(14,15)9-5-11-12(2)7-9/h5,7-8,10H,3-4,6H2,1-2H3. The quantitative estimate of drug-likeness (QED) is 0.754. The first kappa shape index (κ1) is 11.6. The first-order chi connectivity index (χ1) is 7.50. The second-order valence-electron chi connectivity index (χ2n) is 4.07. The van der Waals surface area contributed by atoms with Crippen LogP contribution in [0.2, 0.25) is 0 Å². The Morgan fingerprint density at radius 2 is 2.31 bits per heavy atom. The molecule has 0 amide bonds. The molecule has 0 bridgehead atoms. The van der Waals surface area contributed by atoms with Crippen molar-refractivity contribution in [3.05, 3.63) is 12.4 Å². The van der Waals surface area contributed by atoms with Crippen LogP contribution >= 0.6 is 0 Å².